The Kier molecular flexibility index (Phi) is 4.49. The Hall–Kier alpha value is -4.33. The molecular weight excluding hydrogens is 378 g/mol. The van der Waals surface area contributed by atoms with Crippen molar-refractivity contribution in [2.75, 3.05) is 0 Å². The molecule has 0 radical (unpaired) electrons. The Morgan fingerprint density at radius 1 is 1.00 bits per heavy atom. The first kappa shape index (κ1) is 17.7. The van der Waals surface area contributed by atoms with Crippen molar-refractivity contribution in [3.05, 3.63) is 84.4 Å². The van der Waals surface area contributed by atoms with Gasteiger partial charge in [-0.1, -0.05) is 18.2 Å². The van der Waals surface area contributed by atoms with Crippen LogP contribution in [0.5, 0.6) is 0 Å². The van der Waals surface area contributed by atoms with Crippen LogP contribution in [0.1, 0.15) is 15.9 Å². The lowest BCUT2D eigenvalue weighted by molar-refractivity contribution is 0.0951. The van der Waals surface area contributed by atoms with Crippen LogP contribution in [0.4, 0.5) is 0 Å². The lowest BCUT2D eigenvalue weighted by Gasteiger charge is -2.07. The molecule has 0 bridgehead atoms. The number of H-pyrrole nitrogens is 2. The van der Waals surface area contributed by atoms with E-state index in [1.807, 2.05) is 48.5 Å². The predicted octanol–water partition coefficient (Wildman–Crippen LogP) is 3.34. The summed E-state index contributed by atoms with van der Waals surface area (Å²) in [5.41, 5.74) is 4.95. The van der Waals surface area contributed by atoms with Crippen molar-refractivity contribution >= 4 is 16.8 Å². The zero-order chi connectivity index (χ0) is 20.3. The molecule has 0 saturated heterocycles. The van der Waals surface area contributed by atoms with E-state index in [0.29, 0.717) is 17.9 Å². The molecule has 0 saturated carbocycles. The maximum absolute atomic E-state index is 12.6. The SMILES string of the molecule is O=C(NCc1cccnc1)c1cccc(-c2n[nH]c3ccc(-c4ncn[nH]4)cc23)c1. The highest BCUT2D eigenvalue weighted by Gasteiger charge is 2.13. The van der Waals surface area contributed by atoms with Gasteiger partial charge in [0.05, 0.1) is 11.2 Å². The Morgan fingerprint density at radius 2 is 1.97 bits per heavy atom. The standard InChI is InChI=1S/C22H17N7O/c30-22(24-12-14-3-2-8-23-11-14)17-5-1-4-15(9-17)20-18-10-16(21-25-13-26-29-21)6-7-19(18)27-28-20/h1-11,13H,12H2,(H,24,30)(H,27,28)(H,25,26,29). The number of carbonyl (C=O) groups is 1. The van der Waals surface area contributed by atoms with Gasteiger partial charge in [-0.2, -0.15) is 10.2 Å². The number of amides is 1. The van der Waals surface area contributed by atoms with Crippen LogP contribution in [0.15, 0.2) is 73.3 Å². The minimum absolute atomic E-state index is 0.150. The van der Waals surface area contributed by atoms with E-state index in [4.69, 9.17) is 0 Å². The molecule has 0 unspecified atom stereocenters. The summed E-state index contributed by atoms with van der Waals surface area (Å²) in [6, 6.07) is 17.1. The Bertz CT molecular complexity index is 1310. The molecule has 1 amide bonds. The normalized spacial score (nSPS) is 10.9. The number of aromatic nitrogens is 6. The molecule has 5 rings (SSSR count). The summed E-state index contributed by atoms with van der Waals surface area (Å²) >= 11 is 0. The lowest BCUT2D eigenvalue weighted by Crippen LogP contribution is -2.22. The maximum Gasteiger partial charge on any atom is 0.251 e. The third kappa shape index (κ3) is 3.42. The average Bonchev–Trinajstić information content (AvgIpc) is 3.48. The van der Waals surface area contributed by atoms with Crippen LogP contribution in [-0.4, -0.2) is 36.3 Å². The van der Waals surface area contributed by atoms with Crippen molar-refractivity contribution in [1.29, 1.82) is 0 Å². The summed E-state index contributed by atoms with van der Waals surface area (Å²) in [6.45, 7) is 0.419. The fourth-order valence-electron chi connectivity index (χ4n) is 3.32. The van der Waals surface area contributed by atoms with Crippen LogP contribution in [-0.2, 0) is 6.54 Å². The minimum Gasteiger partial charge on any atom is -0.348 e. The summed E-state index contributed by atoms with van der Waals surface area (Å²) in [6.07, 6.45) is 4.92. The van der Waals surface area contributed by atoms with Crippen molar-refractivity contribution in [2.24, 2.45) is 0 Å². The highest BCUT2D eigenvalue weighted by atomic mass is 16.1. The molecule has 146 valence electrons. The number of hydrogen-bond acceptors (Lipinski definition) is 5. The second-order valence-corrected chi connectivity index (χ2v) is 6.79. The van der Waals surface area contributed by atoms with Crippen LogP contribution in [0.25, 0.3) is 33.5 Å². The topological polar surface area (TPSA) is 112 Å². The van der Waals surface area contributed by atoms with E-state index in [2.05, 4.69) is 35.7 Å². The van der Waals surface area contributed by atoms with Crippen molar-refractivity contribution in [3.8, 4) is 22.6 Å². The van der Waals surface area contributed by atoms with E-state index in [0.717, 1.165) is 33.3 Å². The summed E-state index contributed by atoms with van der Waals surface area (Å²) < 4.78 is 0. The number of rotatable bonds is 5. The molecule has 5 aromatic rings. The van der Waals surface area contributed by atoms with Crippen molar-refractivity contribution < 1.29 is 4.79 Å². The Morgan fingerprint density at radius 3 is 2.80 bits per heavy atom. The van der Waals surface area contributed by atoms with E-state index in [9.17, 15) is 4.79 Å². The molecule has 3 heterocycles. The second-order valence-electron chi connectivity index (χ2n) is 6.79. The number of carbonyl (C=O) groups excluding carboxylic acids is 1. The largest absolute Gasteiger partial charge is 0.348 e. The minimum atomic E-state index is -0.150. The summed E-state index contributed by atoms with van der Waals surface area (Å²) in [4.78, 5) is 20.9. The monoisotopic (exact) mass is 395 g/mol. The van der Waals surface area contributed by atoms with E-state index in [1.165, 1.54) is 6.33 Å². The second kappa shape index (κ2) is 7.59. The summed E-state index contributed by atoms with van der Waals surface area (Å²) in [5, 5.41) is 18.2. The van der Waals surface area contributed by atoms with Crippen LogP contribution in [0.3, 0.4) is 0 Å². The van der Waals surface area contributed by atoms with Crippen LogP contribution in [0.2, 0.25) is 0 Å². The number of nitrogens with one attached hydrogen (secondary N) is 3. The number of nitrogens with zero attached hydrogens (tertiary/aromatic N) is 4. The average molecular weight is 395 g/mol. The fraction of sp³-hybridized carbons (Fsp3) is 0.0455. The molecule has 0 fully saturated rings. The van der Waals surface area contributed by atoms with E-state index in [-0.39, 0.29) is 5.91 Å². The van der Waals surface area contributed by atoms with Gasteiger partial charge in [-0.3, -0.25) is 20.0 Å². The molecular formula is C22H17N7O. The van der Waals surface area contributed by atoms with Gasteiger partial charge in [-0.15, -0.1) is 0 Å². The Labute approximate surface area is 171 Å². The smallest absolute Gasteiger partial charge is 0.251 e. The van der Waals surface area contributed by atoms with Gasteiger partial charge in [-0.25, -0.2) is 4.98 Å². The van der Waals surface area contributed by atoms with Crippen LogP contribution >= 0.6 is 0 Å². The molecule has 3 N–H and O–H groups in total. The van der Waals surface area contributed by atoms with Crippen LogP contribution < -0.4 is 5.32 Å². The molecule has 0 spiro atoms. The third-order valence-corrected chi connectivity index (χ3v) is 4.83. The van der Waals surface area contributed by atoms with Gasteiger partial charge in [0.2, 0.25) is 0 Å². The van der Waals surface area contributed by atoms with E-state index >= 15 is 0 Å². The molecule has 0 aliphatic rings. The molecule has 2 aromatic carbocycles. The number of pyridine rings is 1. The highest BCUT2D eigenvalue weighted by Crippen LogP contribution is 2.29. The molecule has 3 aromatic heterocycles. The lowest BCUT2D eigenvalue weighted by atomic mass is 10.0. The Balaban J connectivity index is 1.44. The molecule has 8 nitrogen and oxygen atoms in total. The predicted molar refractivity (Wildman–Crippen MR) is 112 cm³/mol. The van der Waals surface area contributed by atoms with Gasteiger partial charge < -0.3 is 5.32 Å². The number of aromatic amines is 2. The first-order valence-corrected chi connectivity index (χ1v) is 9.39. The van der Waals surface area contributed by atoms with Crippen molar-refractivity contribution in [3.63, 3.8) is 0 Å². The molecule has 0 aliphatic carbocycles. The molecule has 0 atom stereocenters. The quantitative estimate of drug-likeness (QED) is 0.422. The van der Waals surface area contributed by atoms with E-state index < -0.39 is 0 Å². The molecule has 8 heteroatoms. The van der Waals surface area contributed by atoms with Gasteiger partial charge in [0.1, 0.15) is 6.33 Å². The van der Waals surface area contributed by atoms with Gasteiger partial charge in [0, 0.05) is 41.0 Å². The van der Waals surface area contributed by atoms with Gasteiger partial charge >= 0.3 is 0 Å². The van der Waals surface area contributed by atoms with Gasteiger partial charge in [0.25, 0.3) is 5.91 Å². The van der Waals surface area contributed by atoms with Gasteiger partial charge in [0.15, 0.2) is 5.82 Å². The zero-order valence-electron chi connectivity index (χ0n) is 15.8. The maximum atomic E-state index is 12.6. The zero-order valence-corrected chi connectivity index (χ0v) is 15.8. The van der Waals surface area contributed by atoms with Crippen LogP contribution in [0, 0.1) is 0 Å². The van der Waals surface area contributed by atoms with Gasteiger partial charge in [-0.05, 0) is 42.0 Å². The highest BCUT2D eigenvalue weighted by molar-refractivity contribution is 5.98. The first-order chi connectivity index (χ1) is 14.8. The third-order valence-electron chi connectivity index (χ3n) is 4.83. The van der Waals surface area contributed by atoms with Crippen molar-refractivity contribution in [1.82, 2.24) is 35.7 Å². The first-order valence-electron chi connectivity index (χ1n) is 9.39. The van der Waals surface area contributed by atoms with Crippen molar-refractivity contribution in [2.45, 2.75) is 6.54 Å². The summed E-state index contributed by atoms with van der Waals surface area (Å²) in [5.74, 6) is 0.537. The number of fused-ring (bicyclic) bond motifs is 1. The number of hydrogen-bond donors (Lipinski definition) is 3. The molecule has 30 heavy (non-hydrogen) atoms. The fourth-order valence-corrected chi connectivity index (χ4v) is 3.32. The summed E-state index contributed by atoms with van der Waals surface area (Å²) in [7, 11) is 0. The molecule has 0 aliphatic heterocycles. The van der Waals surface area contributed by atoms with E-state index in [1.54, 1.807) is 18.5 Å². The number of benzene rings is 2.